The van der Waals surface area contributed by atoms with Gasteiger partial charge < -0.3 is 0 Å². The maximum Gasteiger partial charge on any atom is 0.269 e. The van der Waals surface area contributed by atoms with Crippen molar-refractivity contribution in [2.45, 2.75) is 0 Å². The first-order valence-corrected chi connectivity index (χ1v) is 5.46. The van der Waals surface area contributed by atoms with E-state index < -0.39 is 4.92 Å². The molecule has 5 nitrogen and oxygen atoms in total. The quantitative estimate of drug-likeness (QED) is 0.364. The van der Waals surface area contributed by atoms with Crippen LogP contribution < -0.4 is 0 Å². The van der Waals surface area contributed by atoms with Crippen LogP contribution in [0.25, 0.3) is 0 Å². The van der Waals surface area contributed by atoms with Gasteiger partial charge in [-0.2, -0.15) is 0 Å². The number of nitro groups is 1. The first-order chi connectivity index (χ1) is 9.11. The summed E-state index contributed by atoms with van der Waals surface area (Å²) in [5.41, 5.74) is 1.22. The molecular weight excluding hydrogens is 246 g/mol. The fourth-order valence-electron chi connectivity index (χ4n) is 1.61. The van der Waals surface area contributed by atoms with Crippen LogP contribution in [-0.4, -0.2) is 17.0 Å². The number of nitro benzene ring substituents is 1. The summed E-state index contributed by atoms with van der Waals surface area (Å²) in [4.78, 5) is 32.6. The molecule has 0 heterocycles. The smallest absolute Gasteiger partial charge is 0.269 e. The standard InChI is InChI=1S/C14H9NO4/c16-9-10-1-3-11(4-2-10)14(17)12-5-7-13(8-6-12)15(18)19/h1-9H. The van der Waals surface area contributed by atoms with Crippen LogP contribution >= 0.6 is 0 Å². The molecule has 0 atom stereocenters. The molecule has 0 aliphatic heterocycles. The van der Waals surface area contributed by atoms with Gasteiger partial charge in [-0.15, -0.1) is 0 Å². The Kier molecular flexibility index (Phi) is 3.47. The Morgan fingerprint density at radius 2 is 1.42 bits per heavy atom. The van der Waals surface area contributed by atoms with E-state index in [1.807, 2.05) is 0 Å². The number of aldehydes is 1. The number of carbonyl (C=O) groups excluding carboxylic acids is 2. The first-order valence-electron chi connectivity index (χ1n) is 5.46. The highest BCUT2D eigenvalue weighted by Crippen LogP contribution is 2.15. The number of ketones is 1. The van der Waals surface area contributed by atoms with Crippen molar-refractivity contribution in [2.75, 3.05) is 0 Å². The molecule has 0 saturated carbocycles. The average molecular weight is 255 g/mol. The van der Waals surface area contributed by atoms with Crippen LogP contribution in [-0.2, 0) is 0 Å². The number of benzene rings is 2. The Morgan fingerprint density at radius 3 is 1.84 bits per heavy atom. The summed E-state index contributed by atoms with van der Waals surface area (Å²) in [5.74, 6) is -0.243. The van der Waals surface area contributed by atoms with Crippen LogP contribution in [0.15, 0.2) is 48.5 Å². The molecule has 0 fully saturated rings. The molecule has 0 N–H and O–H groups in total. The van der Waals surface area contributed by atoms with Crippen molar-refractivity contribution in [1.29, 1.82) is 0 Å². The molecule has 0 unspecified atom stereocenters. The number of rotatable bonds is 4. The van der Waals surface area contributed by atoms with Gasteiger partial charge in [0, 0.05) is 28.8 Å². The third-order valence-electron chi connectivity index (χ3n) is 2.65. The maximum atomic E-state index is 12.1. The summed E-state index contributed by atoms with van der Waals surface area (Å²) in [6.07, 6.45) is 0.695. The van der Waals surface area contributed by atoms with Gasteiger partial charge >= 0.3 is 0 Å². The van der Waals surface area contributed by atoms with Gasteiger partial charge in [0.05, 0.1) is 4.92 Å². The van der Waals surface area contributed by atoms with Crippen LogP contribution in [0.2, 0.25) is 0 Å². The van der Waals surface area contributed by atoms with Crippen molar-refractivity contribution < 1.29 is 14.5 Å². The molecule has 0 radical (unpaired) electrons. The fourth-order valence-corrected chi connectivity index (χ4v) is 1.61. The maximum absolute atomic E-state index is 12.1. The highest BCUT2D eigenvalue weighted by molar-refractivity contribution is 6.09. The lowest BCUT2D eigenvalue weighted by molar-refractivity contribution is -0.384. The first kappa shape index (κ1) is 12.6. The second kappa shape index (κ2) is 5.22. The van der Waals surface area contributed by atoms with E-state index in [0.717, 1.165) is 0 Å². The van der Waals surface area contributed by atoms with E-state index >= 15 is 0 Å². The minimum atomic E-state index is -0.521. The zero-order chi connectivity index (χ0) is 13.8. The van der Waals surface area contributed by atoms with Crippen molar-refractivity contribution >= 4 is 17.8 Å². The summed E-state index contributed by atoms with van der Waals surface area (Å²) >= 11 is 0. The molecule has 0 spiro atoms. The topological polar surface area (TPSA) is 77.3 Å². The second-order valence-corrected chi connectivity index (χ2v) is 3.87. The molecule has 19 heavy (non-hydrogen) atoms. The summed E-state index contributed by atoms with van der Waals surface area (Å²) in [6.45, 7) is 0. The van der Waals surface area contributed by atoms with Crippen LogP contribution in [0.1, 0.15) is 26.3 Å². The number of non-ortho nitro benzene ring substituents is 1. The van der Waals surface area contributed by atoms with Gasteiger partial charge in [0.2, 0.25) is 0 Å². The minimum absolute atomic E-state index is 0.0622. The third kappa shape index (κ3) is 2.71. The number of hydrogen-bond acceptors (Lipinski definition) is 4. The summed E-state index contributed by atoms with van der Waals surface area (Å²) in [7, 11) is 0. The average Bonchev–Trinajstić information content (AvgIpc) is 2.46. The van der Waals surface area contributed by atoms with E-state index in [9.17, 15) is 19.7 Å². The van der Waals surface area contributed by atoms with Gasteiger partial charge in [-0.3, -0.25) is 19.7 Å². The van der Waals surface area contributed by atoms with Crippen LogP contribution in [0, 0.1) is 10.1 Å². The van der Waals surface area contributed by atoms with Crippen molar-refractivity contribution in [3.8, 4) is 0 Å². The van der Waals surface area contributed by atoms with Crippen molar-refractivity contribution in [3.63, 3.8) is 0 Å². The van der Waals surface area contributed by atoms with Crippen LogP contribution in [0.5, 0.6) is 0 Å². The molecule has 0 bridgehead atoms. The molecular formula is C14H9NO4. The Hall–Kier alpha value is -2.82. The van der Waals surface area contributed by atoms with Crippen molar-refractivity contribution in [2.24, 2.45) is 0 Å². The second-order valence-electron chi connectivity index (χ2n) is 3.87. The zero-order valence-electron chi connectivity index (χ0n) is 9.78. The molecule has 0 amide bonds. The molecule has 0 saturated heterocycles. The lowest BCUT2D eigenvalue weighted by atomic mass is 10.0. The number of nitrogens with zero attached hydrogens (tertiary/aromatic N) is 1. The SMILES string of the molecule is O=Cc1ccc(C(=O)c2ccc([N+](=O)[O-])cc2)cc1. The number of carbonyl (C=O) groups is 2. The van der Waals surface area contributed by atoms with E-state index in [1.165, 1.54) is 24.3 Å². The Balaban J connectivity index is 2.27. The van der Waals surface area contributed by atoms with Gasteiger partial charge in [0.25, 0.3) is 5.69 Å². The molecule has 5 heteroatoms. The zero-order valence-corrected chi connectivity index (χ0v) is 9.78. The van der Waals surface area contributed by atoms with Gasteiger partial charge in [0.15, 0.2) is 5.78 Å². The highest BCUT2D eigenvalue weighted by atomic mass is 16.6. The normalized spacial score (nSPS) is 9.89. The molecule has 2 aromatic carbocycles. The van der Waals surface area contributed by atoms with Crippen LogP contribution in [0.3, 0.4) is 0 Å². The van der Waals surface area contributed by atoms with Crippen molar-refractivity contribution in [1.82, 2.24) is 0 Å². The predicted molar refractivity (Wildman–Crippen MR) is 68.4 cm³/mol. The Morgan fingerprint density at radius 1 is 0.947 bits per heavy atom. The Labute approximate surface area is 108 Å². The van der Waals surface area contributed by atoms with Gasteiger partial charge in [-0.25, -0.2) is 0 Å². The summed E-state index contributed by atoms with van der Waals surface area (Å²) in [5, 5.41) is 10.5. The highest BCUT2D eigenvalue weighted by Gasteiger charge is 2.11. The van der Waals surface area contributed by atoms with Gasteiger partial charge in [0.1, 0.15) is 6.29 Å². The fraction of sp³-hybridized carbons (Fsp3) is 0. The Bertz CT molecular complexity index is 630. The summed E-state index contributed by atoms with van der Waals surface area (Å²) in [6, 6.07) is 11.6. The lowest BCUT2D eigenvalue weighted by Crippen LogP contribution is -2.01. The molecule has 2 rings (SSSR count). The van der Waals surface area contributed by atoms with Gasteiger partial charge in [-0.1, -0.05) is 24.3 Å². The molecule has 2 aromatic rings. The van der Waals surface area contributed by atoms with E-state index in [1.54, 1.807) is 24.3 Å². The van der Waals surface area contributed by atoms with E-state index in [2.05, 4.69) is 0 Å². The molecule has 0 aliphatic rings. The molecule has 94 valence electrons. The third-order valence-corrected chi connectivity index (χ3v) is 2.65. The summed E-state index contributed by atoms with van der Waals surface area (Å²) < 4.78 is 0. The van der Waals surface area contributed by atoms with Crippen molar-refractivity contribution in [3.05, 3.63) is 75.3 Å². The van der Waals surface area contributed by atoms with E-state index in [4.69, 9.17) is 0 Å². The molecule has 0 aromatic heterocycles. The largest absolute Gasteiger partial charge is 0.298 e. The van der Waals surface area contributed by atoms with E-state index in [-0.39, 0.29) is 11.5 Å². The lowest BCUT2D eigenvalue weighted by Gasteiger charge is -2.01. The van der Waals surface area contributed by atoms with E-state index in [0.29, 0.717) is 23.0 Å². The van der Waals surface area contributed by atoms with Gasteiger partial charge in [-0.05, 0) is 12.1 Å². The molecule has 0 aliphatic carbocycles. The monoisotopic (exact) mass is 255 g/mol. The number of hydrogen-bond donors (Lipinski definition) is 0. The predicted octanol–water partition coefficient (Wildman–Crippen LogP) is 2.64. The van der Waals surface area contributed by atoms with Crippen LogP contribution in [0.4, 0.5) is 5.69 Å². The minimum Gasteiger partial charge on any atom is -0.298 e.